The third kappa shape index (κ3) is 6.68. The second-order valence-corrected chi connectivity index (χ2v) is 13.5. The zero-order chi connectivity index (χ0) is 35.5. The Bertz CT molecular complexity index is 1580. The molecular formula is C39H49N3O7. The maximum atomic E-state index is 14.8. The fourth-order valence-corrected chi connectivity index (χ4v) is 7.90. The summed E-state index contributed by atoms with van der Waals surface area (Å²) in [5.41, 5.74) is 2.08. The standard InChI is InChI=1S/C39H49N3O7/c1-7-9-16-31(44)40(6)27(5)34(28-14-11-10-12-15-28)48-38(47)32-30-19-20-39(49-30)33(32)36(45)42(22-13-23-43)35(39)37(46)41(21-8-2)29-24-25(3)17-18-26(29)4/h7-8,10-12,14-15,17-18,24,27,30,32-35,43H,1-2,9,13,16,19-23H2,3-6H3/t27-,30-,32+,33+,34+,35-,39+/m0/s1. The van der Waals surface area contributed by atoms with Crippen LogP contribution < -0.4 is 4.90 Å². The fourth-order valence-electron chi connectivity index (χ4n) is 7.90. The van der Waals surface area contributed by atoms with Crippen molar-refractivity contribution in [3.8, 4) is 0 Å². The molecule has 3 amide bonds. The summed E-state index contributed by atoms with van der Waals surface area (Å²) in [6.45, 7) is 13.5. The van der Waals surface area contributed by atoms with Gasteiger partial charge in [-0.25, -0.2) is 0 Å². The van der Waals surface area contributed by atoms with Gasteiger partial charge in [0.05, 0.1) is 24.0 Å². The van der Waals surface area contributed by atoms with E-state index in [0.29, 0.717) is 24.9 Å². The molecular weight excluding hydrogens is 622 g/mol. The maximum absolute atomic E-state index is 14.8. The molecule has 2 bridgehead atoms. The topological polar surface area (TPSA) is 117 Å². The molecule has 10 heteroatoms. The van der Waals surface area contributed by atoms with E-state index in [-0.39, 0.29) is 50.3 Å². The minimum absolute atomic E-state index is 0.105. The van der Waals surface area contributed by atoms with Gasteiger partial charge in [-0.2, -0.15) is 0 Å². The van der Waals surface area contributed by atoms with Gasteiger partial charge in [-0.15, -0.1) is 13.2 Å². The molecule has 49 heavy (non-hydrogen) atoms. The number of benzene rings is 2. The molecule has 0 aromatic heterocycles. The van der Waals surface area contributed by atoms with Crippen LogP contribution in [0.25, 0.3) is 0 Å². The Balaban J connectivity index is 1.49. The second kappa shape index (κ2) is 15.1. The number of hydrogen-bond donors (Lipinski definition) is 1. The summed E-state index contributed by atoms with van der Waals surface area (Å²) >= 11 is 0. The van der Waals surface area contributed by atoms with Crippen LogP contribution in [0, 0.1) is 25.7 Å². The molecule has 7 atom stereocenters. The quantitative estimate of drug-likeness (QED) is 0.216. The highest BCUT2D eigenvalue weighted by Gasteiger charge is 2.75. The van der Waals surface area contributed by atoms with E-state index in [1.165, 1.54) is 4.90 Å². The second-order valence-electron chi connectivity index (χ2n) is 13.5. The van der Waals surface area contributed by atoms with Crippen LogP contribution in [0.3, 0.4) is 0 Å². The van der Waals surface area contributed by atoms with Crippen molar-refractivity contribution in [3.63, 3.8) is 0 Å². The monoisotopic (exact) mass is 671 g/mol. The van der Waals surface area contributed by atoms with Gasteiger partial charge in [0.1, 0.15) is 17.7 Å². The maximum Gasteiger partial charge on any atom is 0.313 e. The summed E-state index contributed by atoms with van der Waals surface area (Å²) in [5, 5.41) is 9.76. The lowest BCUT2D eigenvalue weighted by Crippen LogP contribution is -2.56. The molecule has 262 valence electrons. The predicted molar refractivity (Wildman–Crippen MR) is 186 cm³/mol. The molecule has 2 aromatic rings. The summed E-state index contributed by atoms with van der Waals surface area (Å²) in [4.78, 5) is 61.3. The van der Waals surface area contributed by atoms with E-state index >= 15 is 0 Å². The van der Waals surface area contributed by atoms with Gasteiger partial charge in [-0.05, 0) is 69.2 Å². The van der Waals surface area contributed by atoms with E-state index in [0.717, 1.165) is 16.7 Å². The molecule has 3 saturated heterocycles. The summed E-state index contributed by atoms with van der Waals surface area (Å²) < 4.78 is 13.0. The number of fused-ring (bicyclic) bond motifs is 1. The van der Waals surface area contributed by atoms with Crippen LogP contribution in [0.4, 0.5) is 5.69 Å². The van der Waals surface area contributed by atoms with E-state index in [1.54, 1.807) is 29.0 Å². The average molecular weight is 672 g/mol. The summed E-state index contributed by atoms with van der Waals surface area (Å²) in [7, 11) is 1.69. The zero-order valence-corrected chi connectivity index (χ0v) is 29.0. The first kappa shape index (κ1) is 36.0. The van der Waals surface area contributed by atoms with Gasteiger partial charge in [0, 0.05) is 38.9 Å². The van der Waals surface area contributed by atoms with Gasteiger partial charge in [0.25, 0.3) is 5.91 Å². The number of carbonyl (C=O) groups excluding carboxylic acids is 4. The van der Waals surface area contributed by atoms with Crippen molar-refractivity contribution in [2.24, 2.45) is 11.8 Å². The van der Waals surface area contributed by atoms with Gasteiger partial charge in [0.2, 0.25) is 11.8 Å². The Kier molecular flexibility index (Phi) is 11.1. The smallest absolute Gasteiger partial charge is 0.313 e. The molecule has 3 heterocycles. The number of carbonyl (C=O) groups is 4. The van der Waals surface area contributed by atoms with E-state index < -0.39 is 47.7 Å². The Morgan fingerprint density at radius 3 is 2.55 bits per heavy atom. The van der Waals surface area contributed by atoms with Gasteiger partial charge in [0.15, 0.2) is 0 Å². The van der Waals surface area contributed by atoms with Crippen LogP contribution in [0.2, 0.25) is 0 Å². The van der Waals surface area contributed by atoms with Crippen LogP contribution >= 0.6 is 0 Å². The Labute approximate surface area is 289 Å². The lowest BCUT2D eigenvalue weighted by atomic mass is 9.70. The first-order chi connectivity index (χ1) is 23.5. The number of likely N-dealkylation sites (tertiary alicyclic amines) is 1. The Morgan fingerprint density at radius 1 is 1.14 bits per heavy atom. The molecule has 1 N–H and O–H groups in total. The number of nitrogens with zero attached hydrogens (tertiary/aromatic N) is 3. The molecule has 5 rings (SSSR count). The number of ether oxygens (including phenoxy) is 2. The molecule has 3 aliphatic rings. The SMILES string of the molecule is C=CCCC(=O)N(C)[C@@H](C)[C@@H](OC(=O)[C@@H]1[C@@H]2CC[C@]3(O2)[C@H](C(=O)N(CC=C)c2cc(C)ccc2C)N(CCCO)C(=O)[C@@H]13)c1ccccc1. The van der Waals surface area contributed by atoms with Crippen molar-refractivity contribution < 1.29 is 33.8 Å². The highest BCUT2D eigenvalue weighted by atomic mass is 16.6. The number of aliphatic hydroxyl groups excluding tert-OH is 1. The van der Waals surface area contributed by atoms with Crippen LogP contribution in [0.15, 0.2) is 73.8 Å². The van der Waals surface area contributed by atoms with Crippen molar-refractivity contribution in [3.05, 3.63) is 90.5 Å². The van der Waals surface area contributed by atoms with E-state index in [2.05, 4.69) is 13.2 Å². The number of aliphatic hydroxyl groups is 1. The number of aryl methyl sites for hydroxylation is 2. The fraction of sp³-hybridized carbons (Fsp3) is 0.487. The van der Waals surface area contributed by atoms with Gasteiger partial charge in [-0.1, -0.05) is 54.6 Å². The lowest BCUT2D eigenvalue weighted by Gasteiger charge is -2.37. The van der Waals surface area contributed by atoms with Crippen molar-refractivity contribution >= 4 is 29.4 Å². The van der Waals surface area contributed by atoms with Crippen molar-refractivity contribution in [2.75, 3.05) is 31.6 Å². The molecule has 0 saturated carbocycles. The summed E-state index contributed by atoms with van der Waals surface area (Å²) in [6.07, 6.45) is 3.91. The van der Waals surface area contributed by atoms with Crippen molar-refractivity contribution in [1.82, 2.24) is 9.80 Å². The molecule has 0 radical (unpaired) electrons. The highest BCUT2D eigenvalue weighted by molar-refractivity contribution is 6.05. The van der Waals surface area contributed by atoms with Crippen LogP contribution in [-0.4, -0.2) is 89.1 Å². The Morgan fingerprint density at radius 2 is 1.88 bits per heavy atom. The highest BCUT2D eigenvalue weighted by Crippen LogP contribution is 2.59. The predicted octanol–water partition coefficient (Wildman–Crippen LogP) is 4.68. The number of esters is 1. The number of anilines is 1. The zero-order valence-electron chi connectivity index (χ0n) is 29.0. The average Bonchev–Trinajstić information content (AvgIpc) is 3.75. The van der Waals surface area contributed by atoms with Gasteiger partial charge < -0.3 is 29.3 Å². The number of amides is 3. The van der Waals surface area contributed by atoms with Gasteiger partial charge in [-0.3, -0.25) is 19.2 Å². The number of allylic oxidation sites excluding steroid dienone is 1. The van der Waals surface area contributed by atoms with Gasteiger partial charge >= 0.3 is 5.97 Å². The van der Waals surface area contributed by atoms with E-state index in [9.17, 15) is 24.3 Å². The van der Waals surface area contributed by atoms with Crippen LogP contribution in [0.5, 0.6) is 0 Å². The third-order valence-corrected chi connectivity index (χ3v) is 10.5. The first-order valence-electron chi connectivity index (χ1n) is 17.2. The summed E-state index contributed by atoms with van der Waals surface area (Å²) in [6, 6.07) is 13.6. The summed E-state index contributed by atoms with van der Waals surface area (Å²) in [5.74, 6) is -3.24. The van der Waals surface area contributed by atoms with E-state index in [1.807, 2.05) is 69.3 Å². The Hall–Kier alpha value is -4.28. The molecule has 3 fully saturated rings. The third-order valence-electron chi connectivity index (χ3n) is 10.5. The minimum Gasteiger partial charge on any atom is -0.455 e. The normalized spacial score (nSPS) is 25.0. The number of likely N-dealkylation sites (N-methyl/N-ethyl adjacent to an activating group) is 1. The van der Waals surface area contributed by atoms with Crippen molar-refractivity contribution in [1.29, 1.82) is 0 Å². The largest absolute Gasteiger partial charge is 0.455 e. The van der Waals surface area contributed by atoms with Crippen LogP contribution in [-0.2, 0) is 28.7 Å². The molecule has 2 aromatic carbocycles. The lowest BCUT2D eigenvalue weighted by molar-refractivity contribution is -0.164. The van der Waals surface area contributed by atoms with Crippen molar-refractivity contribution in [2.45, 2.75) is 82.8 Å². The van der Waals surface area contributed by atoms with E-state index in [4.69, 9.17) is 9.47 Å². The molecule has 1 spiro atoms. The minimum atomic E-state index is -1.24. The molecule has 10 nitrogen and oxygen atoms in total. The number of rotatable bonds is 15. The first-order valence-corrected chi connectivity index (χ1v) is 17.2. The molecule has 0 aliphatic carbocycles. The molecule has 0 unspecified atom stereocenters. The van der Waals surface area contributed by atoms with Crippen LogP contribution in [0.1, 0.15) is 61.8 Å². The molecule has 3 aliphatic heterocycles. The number of hydrogen-bond acceptors (Lipinski definition) is 7.